The van der Waals surface area contributed by atoms with E-state index in [1.165, 1.54) is 40.5 Å². The highest BCUT2D eigenvalue weighted by Crippen LogP contribution is 2.44. The predicted molar refractivity (Wildman–Crippen MR) is 124 cm³/mol. The summed E-state index contributed by atoms with van der Waals surface area (Å²) < 4.78 is 13.0. The Bertz CT molecular complexity index is 1130. The van der Waals surface area contributed by atoms with Gasteiger partial charge in [0, 0.05) is 43.5 Å². The molecule has 0 unspecified atom stereocenters. The van der Waals surface area contributed by atoms with E-state index in [9.17, 15) is 0 Å². The van der Waals surface area contributed by atoms with Crippen molar-refractivity contribution in [2.75, 3.05) is 49.2 Å². The molecule has 0 saturated carbocycles. The molecule has 7 nitrogen and oxygen atoms in total. The number of rotatable bonds is 2. The smallest absolute Gasteiger partial charge is 0.150 e. The molecule has 31 heavy (non-hydrogen) atoms. The van der Waals surface area contributed by atoms with Crippen LogP contribution >= 0.6 is 11.3 Å². The minimum Gasteiger partial charge on any atom is -0.378 e. The van der Waals surface area contributed by atoms with Gasteiger partial charge in [-0.05, 0) is 38.7 Å². The zero-order chi connectivity index (χ0) is 21.0. The number of anilines is 2. The minimum absolute atomic E-state index is 0.194. The number of piperidine rings is 1. The van der Waals surface area contributed by atoms with Crippen molar-refractivity contribution in [2.45, 2.75) is 51.7 Å². The van der Waals surface area contributed by atoms with Gasteiger partial charge < -0.3 is 19.3 Å². The van der Waals surface area contributed by atoms with Gasteiger partial charge in [0.1, 0.15) is 22.8 Å². The van der Waals surface area contributed by atoms with Crippen molar-refractivity contribution in [1.82, 2.24) is 15.0 Å². The molecule has 0 amide bonds. The highest BCUT2D eigenvalue weighted by Gasteiger charge is 2.33. The summed E-state index contributed by atoms with van der Waals surface area (Å²) in [6, 6.07) is 0. The van der Waals surface area contributed by atoms with E-state index in [-0.39, 0.29) is 5.60 Å². The summed E-state index contributed by atoms with van der Waals surface area (Å²) in [5.74, 6) is 2.15. The Morgan fingerprint density at radius 3 is 2.52 bits per heavy atom. The number of aromatic nitrogens is 3. The van der Waals surface area contributed by atoms with Gasteiger partial charge in [0.15, 0.2) is 0 Å². The molecule has 3 aliphatic heterocycles. The van der Waals surface area contributed by atoms with Crippen LogP contribution in [0.1, 0.15) is 44.2 Å². The first kappa shape index (κ1) is 19.6. The Kier molecular flexibility index (Phi) is 4.77. The first-order valence-electron chi connectivity index (χ1n) is 11.4. The highest BCUT2D eigenvalue weighted by molar-refractivity contribution is 7.26. The average Bonchev–Trinajstić information content (AvgIpc) is 3.18. The normalized spacial score (nSPS) is 21.6. The van der Waals surface area contributed by atoms with Crippen LogP contribution in [0.25, 0.3) is 20.4 Å². The van der Waals surface area contributed by atoms with E-state index < -0.39 is 0 Å². The number of hydrogen-bond acceptors (Lipinski definition) is 8. The molecule has 8 heteroatoms. The summed E-state index contributed by atoms with van der Waals surface area (Å²) in [5, 5.41) is 1.21. The molecule has 0 spiro atoms. The Balaban J connectivity index is 1.58. The maximum absolute atomic E-state index is 6.24. The fraction of sp³-hybridized carbons (Fsp3) is 0.609. The summed E-state index contributed by atoms with van der Waals surface area (Å²) in [5.41, 5.74) is 3.45. The number of nitrogens with zero attached hydrogens (tertiary/aromatic N) is 5. The van der Waals surface area contributed by atoms with Crippen LogP contribution in [0.15, 0.2) is 6.33 Å². The molecule has 6 heterocycles. The lowest BCUT2D eigenvalue weighted by Crippen LogP contribution is -2.39. The Morgan fingerprint density at radius 2 is 1.71 bits per heavy atom. The van der Waals surface area contributed by atoms with E-state index in [0.29, 0.717) is 6.61 Å². The molecule has 6 rings (SSSR count). The molecular formula is C23H29N5O2S. The topological polar surface area (TPSA) is 63.6 Å². The Hall–Kier alpha value is -2.03. The average molecular weight is 440 g/mol. The van der Waals surface area contributed by atoms with E-state index in [1.807, 2.05) is 0 Å². The number of fused-ring (bicyclic) bond motifs is 5. The first-order chi connectivity index (χ1) is 15.1. The van der Waals surface area contributed by atoms with Crippen LogP contribution in [-0.4, -0.2) is 59.9 Å². The molecular weight excluding hydrogens is 410 g/mol. The number of ether oxygens (including phenoxy) is 2. The first-order valence-corrected chi connectivity index (χ1v) is 12.2. The van der Waals surface area contributed by atoms with Crippen LogP contribution in [0.2, 0.25) is 0 Å². The number of thiophene rings is 1. The molecule has 0 atom stereocenters. The number of pyridine rings is 1. The lowest BCUT2D eigenvalue weighted by atomic mass is 9.90. The largest absolute Gasteiger partial charge is 0.378 e. The SMILES string of the molecule is CC1(C)Cc2c(c(N3CCOCC3)nc3sc4c(N5CCCCC5)ncnc4c23)CO1. The summed E-state index contributed by atoms with van der Waals surface area (Å²) >= 11 is 1.76. The zero-order valence-electron chi connectivity index (χ0n) is 18.3. The van der Waals surface area contributed by atoms with Crippen molar-refractivity contribution in [3.63, 3.8) is 0 Å². The highest BCUT2D eigenvalue weighted by atomic mass is 32.1. The third-order valence-corrected chi connectivity index (χ3v) is 7.82. The summed E-state index contributed by atoms with van der Waals surface area (Å²) in [6.07, 6.45) is 6.39. The van der Waals surface area contributed by atoms with Gasteiger partial charge in [0.2, 0.25) is 0 Å². The monoisotopic (exact) mass is 439 g/mol. The van der Waals surface area contributed by atoms with Gasteiger partial charge in [0.25, 0.3) is 0 Å². The van der Waals surface area contributed by atoms with Crippen LogP contribution in [0, 0.1) is 0 Å². The predicted octanol–water partition coefficient (Wildman–Crippen LogP) is 3.92. The Labute approximate surface area is 186 Å². The third-order valence-electron chi connectivity index (χ3n) is 6.75. The summed E-state index contributed by atoms with van der Waals surface area (Å²) in [6.45, 7) is 10.3. The quantitative estimate of drug-likeness (QED) is 0.600. The molecule has 0 radical (unpaired) electrons. The fourth-order valence-electron chi connectivity index (χ4n) is 5.14. The van der Waals surface area contributed by atoms with Crippen molar-refractivity contribution >= 4 is 43.4 Å². The van der Waals surface area contributed by atoms with E-state index in [2.05, 4.69) is 23.6 Å². The molecule has 2 fully saturated rings. The van der Waals surface area contributed by atoms with E-state index in [1.54, 1.807) is 17.7 Å². The maximum Gasteiger partial charge on any atom is 0.150 e. The minimum atomic E-state index is -0.194. The van der Waals surface area contributed by atoms with Crippen molar-refractivity contribution in [2.24, 2.45) is 0 Å². The van der Waals surface area contributed by atoms with Gasteiger partial charge in [-0.3, -0.25) is 0 Å². The van der Waals surface area contributed by atoms with Gasteiger partial charge in [-0.15, -0.1) is 11.3 Å². The maximum atomic E-state index is 6.24. The van der Waals surface area contributed by atoms with Crippen molar-refractivity contribution in [3.05, 3.63) is 17.5 Å². The fourth-order valence-corrected chi connectivity index (χ4v) is 6.32. The van der Waals surface area contributed by atoms with Gasteiger partial charge in [-0.25, -0.2) is 15.0 Å². The molecule has 3 aromatic heterocycles. The van der Waals surface area contributed by atoms with Crippen LogP contribution in [-0.2, 0) is 22.5 Å². The van der Waals surface area contributed by atoms with E-state index in [0.717, 1.165) is 67.8 Å². The second-order valence-corrected chi connectivity index (χ2v) is 10.4. The van der Waals surface area contributed by atoms with E-state index in [4.69, 9.17) is 24.4 Å². The van der Waals surface area contributed by atoms with Crippen molar-refractivity contribution in [1.29, 1.82) is 0 Å². The summed E-state index contributed by atoms with van der Waals surface area (Å²) in [4.78, 5) is 20.6. The molecule has 3 aromatic rings. The zero-order valence-corrected chi connectivity index (χ0v) is 19.1. The molecule has 2 saturated heterocycles. The van der Waals surface area contributed by atoms with Gasteiger partial charge in [-0.1, -0.05) is 0 Å². The van der Waals surface area contributed by atoms with Crippen LogP contribution < -0.4 is 9.80 Å². The van der Waals surface area contributed by atoms with Crippen LogP contribution in [0.5, 0.6) is 0 Å². The van der Waals surface area contributed by atoms with Crippen LogP contribution in [0.3, 0.4) is 0 Å². The van der Waals surface area contributed by atoms with Crippen LogP contribution in [0.4, 0.5) is 11.6 Å². The number of morpholine rings is 1. The molecule has 3 aliphatic rings. The second-order valence-electron chi connectivity index (χ2n) is 9.42. The van der Waals surface area contributed by atoms with Crippen molar-refractivity contribution < 1.29 is 9.47 Å². The van der Waals surface area contributed by atoms with Gasteiger partial charge in [-0.2, -0.15) is 0 Å². The van der Waals surface area contributed by atoms with Gasteiger partial charge in [0.05, 0.1) is 35.6 Å². The lowest BCUT2D eigenvalue weighted by Gasteiger charge is -2.36. The molecule has 0 aromatic carbocycles. The molecule has 164 valence electrons. The molecule has 0 N–H and O–H groups in total. The summed E-state index contributed by atoms with van der Waals surface area (Å²) in [7, 11) is 0. The lowest BCUT2D eigenvalue weighted by molar-refractivity contribution is -0.0396. The number of hydrogen-bond donors (Lipinski definition) is 0. The van der Waals surface area contributed by atoms with Crippen molar-refractivity contribution in [3.8, 4) is 0 Å². The molecule has 0 bridgehead atoms. The second kappa shape index (κ2) is 7.53. The third kappa shape index (κ3) is 3.36. The molecule has 0 aliphatic carbocycles. The Morgan fingerprint density at radius 1 is 0.935 bits per heavy atom. The van der Waals surface area contributed by atoms with E-state index >= 15 is 0 Å². The standard InChI is InChI=1S/C23H29N5O2S/c1-23(2)12-15-16(13-30-23)20(28-8-10-29-11-9-28)26-22-17(15)18-19(31-22)21(25-14-24-18)27-6-4-3-5-7-27/h14H,3-13H2,1-2H3. The van der Waals surface area contributed by atoms with Gasteiger partial charge >= 0.3 is 0 Å².